The van der Waals surface area contributed by atoms with Crippen LogP contribution in [-0.4, -0.2) is 24.4 Å². The molecule has 2 nitrogen and oxygen atoms in total. The summed E-state index contributed by atoms with van der Waals surface area (Å²) in [5.74, 6) is 1.98. The zero-order valence-electron chi connectivity index (χ0n) is 10.1. The van der Waals surface area contributed by atoms with E-state index in [1.54, 1.807) is 12.1 Å². The number of halogens is 3. The molecular weight excluding hydrogens is 263 g/mol. The van der Waals surface area contributed by atoms with Crippen LogP contribution < -0.4 is 10.1 Å². The second-order valence-corrected chi connectivity index (χ2v) is 4.94. The van der Waals surface area contributed by atoms with Gasteiger partial charge in [0.25, 0.3) is 0 Å². The second kappa shape index (κ2) is 7.41. The molecule has 0 bridgehead atoms. The Morgan fingerprint density at radius 3 is 2.44 bits per heavy atom. The molecule has 0 aliphatic heterocycles. The number of thioether (sulfide) groups is 1. The van der Waals surface area contributed by atoms with Crippen LogP contribution in [0.15, 0.2) is 24.3 Å². The number of benzene rings is 1. The summed E-state index contributed by atoms with van der Waals surface area (Å²) in [5.41, 5.74) is 0.797. The molecule has 6 heteroatoms. The van der Waals surface area contributed by atoms with Gasteiger partial charge in [0.2, 0.25) is 0 Å². The van der Waals surface area contributed by atoms with Crippen LogP contribution in [0.4, 0.5) is 18.9 Å². The van der Waals surface area contributed by atoms with Crippen molar-refractivity contribution in [2.75, 3.05) is 23.4 Å². The van der Waals surface area contributed by atoms with Crippen LogP contribution in [0.1, 0.15) is 13.3 Å². The standard InChI is InChI=1S/C12H16F3NOS/c1-2-18-9-3-8-16-10-4-6-11(7-5-10)17-12(13,14)15/h4-7,16H,2-3,8-9H2,1H3. The molecule has 0 saturated heterocycles. The highest BCUT2D eigenvalue weighted by atomic mass is 32.2. The molecule has 0 heterocycles. The van der Waals surface area contributed by atoms with Gasteiger partial charge in [-0.25, -0.2) is 0 Å². The van der Waals surface area contributed by atoms with Gasteiger partial charge in [-0.2, -0.15) is 11.8 Å². The summed E-state index contributed by atoms with van der Waals surface area (Å²) in [6.07, 6.45) is -3.61. The topological polar surface area (TPSA) is 21.3 Å². The van der Waals surface area contributed by atoms with Crippen molar-refractivity contribution in [3.05, 3.63) is 24.3 Å². The number of anilines is 1. The zero-order chi connectivity index (χ0) is 13.4. The summed E-state index contributed by atoms with van der Waals surface area (Å²) in [6, 6.07) is 5.76. The molecule has 0 spiro atoms. The van der Waals surface area contributed by atoms with Gasteiger partial charge < -0.3 is 10.1 Å². The van der Waals surface area contributed by atoms with E-state index >= 15 is 0 Å². The van der Waals surface area contributed by atoms with E-state index in [-0.39, 0.29) is 5.75 Å². The monoisotopic (exact) mass is 279 g/mol. The molecule has 0 aliphatic carbocycles. The van der Waals surface area contributed by atoms with Gasteiger partial charge in [-0.15, -0.1) is 13.2 Å². The number of hydrogen-bond acceptors (Lipinski definition) is 3. The highest BCUT2D eigenvalue weighted by Gasteiger charge is 2.30. The van der Waals surface area contributed by atoms with Crippen molar-refractivity contribution in [2.24, 2.45) is 0 Å². The van der Waals surface area contributed by atoms with Gasteiger partial charge in [0.15, 0.2) is 0 Å². The van der Waals surface area contributed by atoms with E-state index < -0.39 is 6.36 Å². The van der Waals surface area contributed by atoms with Crippen LogP contribution in [-0.2, 0) is 0 Å². The normalized spacial score (nSPS) is 11.3. The third kappa shape index (κ3) is 6.64. The first-order valence-corrected chi connectivity index (χ1v) is 6.84. The maximum Gasteiger partial charge on any atom is 0.573 e. The number of rotatable bonds is 7. The maximum absolute atomic E-state index is 11.9. The van der Waals surface area contributed by atoms with Crippen molar-refractivity contribution in [1.82, 2.24) is 0 Å². The van der Waals surface area contributed by atoms with Gasteiger partial charge >= 0.3 is 6.36 Å². The fraction of sp³-hybridized carbons (Fsp3) is 0.500. The molecule has 1 N–H and O–H groups in total. The van der Waals surface area contributed by atoms with E-state index in [0.29, 0.717) is 0 Å². The Kier molecular flexibility index (Phi) is 6.18. The predicted octanol–water partition coefficient (Wildman–Crippen LogP) is 4.14. The molecule has 0 radical (unpaired) electrons. The van der Waals surface area contributed by atoms with Gasteiger partial charge in [-0.1, -0.05) is 6.92 Å². The van der Waals surface area contributed by atoms with Crippen LogP contribution in [0.2, 0.25) is 0 Å². The van der Waals surface area contributed by atoms with Gasteiger partial charge in [0.1, 0.15) is 5.75 Å². The van der Waals surface area contributed by atoms with E-state index in [2.05, 4.69) is 17.0 Å². The number of ether oxygens (including phenoxy) is 1. The summed E-state index contributed by atoms with van der Waals surface area (Å²) < 4.78 is 39.6. The summed E-state index contributed by atoms with van der Waals surface area (Å²) in [4.78, 5) is 0. The summed E-state index contributed by atoms with van der Waals surface area (Å²) in [7, 11) is 0. The predicted molar refractivity (Wildman–Crippen MR) is 69.2 cm³/mol. The van der Waals surface area contributed by atoms with Crippen molar-refractivity contribution >= 4 is 17.4 Å². The van der Waals surface area contributed by atoms with Crippen LogP contribution in [0.3, 0.4) is 0 Å². The van der Waals surface area contributed by atoms with Gasteiger partial charge in [-0.05, 0) is 42.2 Å². The van der Waals surface area contributed by atoms with E-state index in [1.165, 1.54) is 12.1 Å². The molecule has 0 aromatic heterocycles. The molecule has 0 saturated carbocycles. The Hall–Kier alpha value is -1.04. The third-order valence-electron chi connectivity index (χ3n) is 2.09. The molecule has 18 heavy (non-hydrogen) atoms. The average molecular weight is 279 g/mol. The number of hydrogen-bond donors (Lipinski definition) is 1. The summed E-state index contributed by atoms with van der Waals surface area (Å²) in [6.45, 7) is 2.92. The van der Waals surface area contributed by atoms with Crippen LogP contribution in [0.25, 0.3) is 0 Å². The Balaban J connectivity index is 2.32. The minimum absolute atomic E-state index is 0.199. The first-order valence-electron chi connectivity index (χ1n) is 5.68. The molecule has 0 unspecified atom stereocenters. The minimum Gasteiger partial charge on any atom is -0.406 e. The second-order valence-electron chi connectivity index (χ2n) is 3.55. The Labute approximate surface area is 109 Å². The van der Waals surface area contributed by atoms with Crippen molar-refractivity contribution < 1.29 is 17.9 Å². The van der Waals surface area contributed by atoms with Crippen molar-refractivity contribution in [3.63, 3.8) is 0 Å². The smallest absolute Gasteiger partial charge is 0.406 e. The highest BCUT2D eigenvalue weighted by molar-refractivity contribution is 7.99. The quantitative estimate of drug-likeness (QED) is 0.758. The highest BCUT2D eigenvalue weighted by Crippen LogP contribution is 2.23. The lowest BCUT2D eigenvalue weighted by Crippen LogP contribution is -2.17. The van der Waals surface area contributed by atoms with Gasteiger partial charge in [-0.3, -0.25) is 0 Å². The Morgan fingerprint density at radius 2 is 1.89 bits per heavy atom. The summed E-state index contributed by atoms with van der Waals surface area (Å²) in [5, 5.41) is 3.14. The van der Waals surface area contributed by atoms with Gasteiger partial charge in [0, 0.05) is 12.2 Å². The molecule has 1 rings (SSSR count). The zero-order valence-corrected chi connectivity index (χ0v) is 10.9. The molecule has 1 aromatic rings. The SMILES string of the molecule is CCSCCCNc1ccc(OC(F)(F)F)cc1. The van der Waals surface area contributed by atoms with Gasteiger partial charge in [0.05, 0.1) is 0 Å². The average Bonchev–Trinajstić information content (AvgIpc) is 2.29. The van der Waals surface area contributed by atoms with Crippen molar-refractivity contribution in [1.29, 1.82) is 0 Å². The molecule has 0 aliphatic rings. The Bertz CT molecular complexity index is 340. The minimum atomic E-state index is -4.63. The molecule has 0 amide bonds. The molecular formula is C12H16F3NOS. The summed E-state index contributed by atoms with van der Waals surface area (Å²) >= 11 is 1.87. The van der Waals surface area contributed by atoms with E-state index in [4.69, 9.17) is 0 Å². The maximum atomic E-state index is 11.9. The number of nitrogens with one attached hydrogen (secondary N) is 1. The van der Waals surface area contributed by atoms with Crippen molar-refractivity contribution in [3.8, 4) is 5.75 Å². The van der Waals surface area contributed by atoms with Crippen LogP contribution >= 0.6 is 11.8 Å². The lowest BCUT2D eigenvalue weighted by atomic mass is 10.3. The molecule has 1 aromatic carbocycles. The van der Waals surface area contributed by atoms with E-state index in [0.717, 1.165) is 30.2 Å². The molecule has 102 valence electrons. The van der Waals surface area contributed by atoms with Crippen LogP contribution in [0, 0.1) is 0 Å². The third-order valence-corrected chi connectivity index (χ3v) is 3.07. The van der Waals surface area contributed by atoms with Crippen molar-refractivity contribution in [2.45, 2.75) is 19.7 Å². The molecule has 0 atom stereocenters. The fourth-order valence-corrected chi connectivity index (χ4v) is 1.96. The van der Waals surface area contributed by atoms with E-state index in [9.17, 15) is 13.2 Å². The molecule has 0 fully saturated rings. The van der Waals surface area contributed by atoms with E-state index in [1.807, 2.05) is 11.8 Å². The lowest BCUT2D eigenvalue weighted by Gasteiger charge is -2.10. The largest absolute Gasteiger partial charge is 0.573 e. The first kappa shape index (κ1) is 15.0. The fourth-order valence-electron chi connectivity index (χ4n) is 1.33. The Morgan fingerprint density at radius 1 is 1.22 bits per heavy atom. The lowest BCUT2D eigenvalue weighted by molar-refractivity contribution is -0.274. The number of alkyl halides is 3. The van der Waals surface area contributed by atoms with Crippen LogP contribution in [0.5, 0.6) is 5.75 Å². The first-order chi connectivity index (χ1) is 8.51.